The van der Waals surface area contributed by atoms with Gasteiger partial charge in [0, 0.05) is 11.5 Å². The summed E-state index contributed by atoms with van der Waals surface area (Å²) in [4.78, 5) is 11.4. The molecule has 0 spiro atoms. The molecule has 2 fully saturated rings. The number of hydrogen-bond donors (Lipinski definition) is 3. The van der Waals surface area contributed by atoms with E-state index in [9.17, 15) is 9.18 Å². The maximum atomic E-state index is 12.5. The fourth-order valence-electron chi connectivity index (χ4n) is 2.91. The molecule has 0 amide bonds. The first-order valence-corrected chi connectivity index (χ1v) is 10.3. The molecule has 4 rings (SSSR count). The minimum absolute atomic E-state index is 0. The number of carbonyl (C=O) groups is 1. The quantitative estimate of drug-likeness (QED) is 0.509. The van der Waals surface area contributed by atoms with Crippen molar-refractivity contribution in [2.24, 2.45) is 11.8 Å². The minimum Gasteiger partial charge on any atom is -1.00 e. The van der Waals surface area contributed by atoms with E-state index in [1.807, 2.05) is 0 Å². The van der Waals surface area contributed by atoms with Crippen molar-refractivity contribution in [3.8, 4) is 0 Å². The van der Waals surface area contributed by atoms with Gasteiger partial charge in [-0.25, -0.2) is 4.39 Å². The molecule has 1 aliphatic heterocycles. The smallest absolute Gasteiger partial charge is 1.00 e. The van der Waals surface area contributed by atoms with Gasteiger partial charge in [-0.2, -0.15) is 0 Å². The summed E-state index contributed by atoms with van der Waals surface area (Å²) in [5.41, 5.74) is 2.38. The number of rotatable bonds is 4. The second-order valence-corrected chi connectivity index (χ2v) is 7.71. The largest absolute Gasteiger partial charge is 1.00 e. The van der Waals surface area contributed by atoms with E-state index in [-0.39, 0.29) is 61.7 Å². The molecule has 0 atom stereocenters. The molecular weight excluding hydrogens is 392 g/mol. The van der Waals surface area contributed by atoms with E-state index >= 15 is 0 Å². The first-order chi connectivity index (χ1) is 14.0. The van der Waals surface area contributed by atoms with Crippen molar-refractivity contribution in [2.75, 3.05) is 13.1 Å². The minimum atomic E-state index is -0.289. The van der Waals surface area contributed by atoms with Crippen LogP contribution >= 0.6 is 0 Å². The summed E-state index contributed by atoms with van der Waals surface area (Å²) in [6.07, 6.45) is 4.74. The van der Waals surface area contributed by atoms with Crippen LogP contribution in [0.1, 0.15) is 55.5 Å². The second kappa shape index (κ2) is 14.8. The van der Waals surface area contributed by atoms with Gasteiger partial charge in [0.25, 0.3) is 0 Å². The SMILES string of the molecule is CC1CCNCC1.O=C(c1ccc(F)cc1)C1CC1.OCc1ccc(CO)cc1.[H-].[Na+]. The van der Waals surface area contributed by atoms with Crippen LogP contribution in [0.3, 0.4) is 0 Å². The summed E-state index contributed by atoms with van der Waals surface area (Å²) >= 11 is 0. The first kappa shape index (κ1) is 27.0. The number of aliphatic hydroxyl groups excluding tert-OH is 2. The maximum absolute atomic E-state index is 12.5. The number of ketones is 1. The van der Waals surface area contributed by atoms with Gasteiger partial charge in [-0.1, -0.05) is 31.2 Å². The Hall–Kier alpha value is -1.08. The molecule has 4 nitrogen and oxygen atoms in total. The normalized spacial score (nSPS) is 15.6. The summed E-state index contributed by atoms with van der Waals surface area (Å²) in [5, 5.41) is 20.6. The van der Waals surface area contributed by atoms with Crippen LogP contribution in [0.4, 0.5) is 4.39 Å². The molecule has 0 aromatic heterocycles. The van der Waals surface area contributed by atoms with Crippen molar-refractivity contribution in [1.29, 1.82) is 0 Å². The Morgan fingerprint density at radius 1 is 0.933 bits per heavy atom. The molecule has 2 aromatic rings. The van der Waals surface area contributed by atoms with Gasteiger partial charge in [0.15, 0.2) is 5.78 Å². The average Bonchev–Trinajstić information content (AvgIpc) is 3.61. The van der Waals surface area contributed by atoms with E-state index in [4.69, 9.17) is 10.2 Å². The van der Waals surface area contributed by atoms with Gasteiger partial charge in [0.1, 0.15) is 5.82 Å². The van der Waals surface area contributed by atoms with Crippen molar-refractivity contribution in [3.05, 3.63) is 71.0 Å². The van der Waals surface area contributed by atoms with E-state index in [0.717, 1.165) is 29.9 Å². The van der Waals surface area contributed by atoms with E-state index < -0.39 is 0 Å². The molecule has 1 saturated heterocycles. The van der Waals surface area contributed by atoms with Crippen LogP contribution in [-0.2, 0) is 13.2 Å². The Kier molecular flexibility index (Phi) is 13.3. The van der Waals surface area contributed by atoms with Crippen LogP contribution in [0.25, 0.3) is 0 Å². The summed E-state index contributed by atoms with van der Waals surface area (Å²) < 4.78 is 12.5. The van der Waals surface area contributed by atoms with Crippen LogP contribution in [0.5, 0.6) is 0 Å². The molecule has 1 aliphatic carbocycles. The number of carbonyl (C=O) groups excluding carboxylic acids is 1. The molecule has 0 unspecified atom stereocenters. The summed E-state index contributed by atoms with van der Waals surface area (Å²) in [5.74, 6) is 1.06. The van der Waals surface area contributed by atoms with Crippen molar-refractivity contribution in [3.63, 3.8) is 0 Å². The Morgan fingerprint density at radius 2 is 1.40 bits per heavy atom. The van der Waals surface area contributed by atoms with Crippen LogP contribution in [0, 0.1) is 17.7 Å². The molecule has 3 N–H and O–H groups in total. The van der Waals surface area contributed by atoms with Crippen molar-refractivity contribution in [2.45, 2.75) is 45.8 Å². The number of hydrogen-bond acceptors (Lipinski definition) is 4. The topological polar surface area (TPSA) is 69.6 Å². The monoisotopic (exact) mass is 425 g/mol. The van der Waals surface area contributed by atoms with Crippen molar-refractivity contribution >= 4 is 5.78 Å². The van der Waals surface area contributed by atoms with Crippen LogP contribution < -0.4 is 34.9 Å². The zero-order valence-corrected chi connectivity index (χ0v) is 20.1. The number of halogens is 1. The Balaban J connectivity index is 0.000000436. The number of benzene rings is 2. The molecule has 2 aliphatic rings. The maximum Gasteiger partial charge on any atom is 1.00 e. The van der Waals surface area contributed by atoms with Crippen LogP contribution in [0.2, 0.25) is 0 Å². The fourth-order valence-corrected chi connectivity index (χ4v) is 2.91. The Labute approximate surface area is 202 Å². The van der Waals surface area contributed by atoms with Gasteiger partial charge in [0.2, 0.25) is 0 Å². The van der Waals surface area contributed by atoms with E-state index in [0.29, 0.717) is 5.56 Å². The summed E-state index contributed by atoms with van der Waals surface area (Å²) in [6.45, 7) is 4.92. The molecule has 1 saturated carbocycles. The summed E-state index contributed by atoms with van der Waals surface area (Å²) in [7, 11) is 0. The van der Waals surface area contributed by atoms with Crippen LogP contribution in [-0.4, -0.2) is 29.1 Å². The zero-order chi connectivity index (χ0) is 21.1. The molecular formula is C24H33FNNaO3. The summed E-state index contributed by atoms with van der Waals surface area (Å²) in [6, 6.07) is 12.9. The van der Waals surface area contributed by atoms with E-state index in [1.54, 1.807) is 36.4 Å². The van der Waals surface area contributed by atoms with Crippen molar-refractivity contribution in [1.82, 2.24) is 5.32 Å². The fraction of sp³-hybridized carbons (Fsp3) is 0.458. The Morgan fingerprint density at radius 3 is 1.73 bits per heavy atom. The molecule has 1 heterocycles. The van der Waals surface area contributed by atoms with Gasteiger partial charge in [-0.15, -0.1) is 0 Å². The standard InChI is InChI=1S/C10H9FO.C8H10O2.C6H13N.Na.H/c11-9-5-3-8(4-6-9)10(12)7-1-2-7;9-5-7-1-2-8(6-10)4-3-7;1-6-2-4-7-5-3-6;;/h3-7H,1-2H2;1-4,9-10H,5-6H2;6-7H,2-5H2,1H3;;/q;;;+1;-1. The number of aliphatic hydroxyl groups is 2. The molecule has 6 heteroatoms. The predicted octanol–water partition coefficient (Wildman–Crippen LogP) is 1.21. The molecule has 0 radical (unpaired) electrons. The number of nitrogens with one attached hydrogen (secondary N) is 1. The number of piperidine rings is 1. The molecule has 2 aromatic carbocycles. The third-order valence-electron chi connectivity index (χ3n) is 5.09. The number of Topliss-reactive ketones (excluding diaryl/α,β-unsaturated/α-hetero) is 1. The predicted molar refractivity (Wildman–Crippen MR) is 114 cm³/mol. The molecule has 160 valence electrons. The molecule has 0 bridgehead atoms. The van der Waals surface area contributed by atoms with Crippen molar-refractivity contribution < 1.29 is 50.4 Å². The average molecular weight is 426 g/mol. The van der Waals surface area contributed by atoms with Gasteiger partial charge in [0.05, 0.1) is 13.2 Å². The van der Waals surface area contributed by atoms with Gasteiger partial charge in [-0.3, -0.25) is 4.79 Å². The Bertz CT molecular complexity index is 710. The first-order valence-electron chi connectivity index (χ1n) is 10.3. The van der Waals surface area contributed by atoms with Crippen LogP contribution in [0.15, 0.2) is 48.5 Å². The second-order valence-electron chi connectivity index (χ2n) is 7.71. The van der Waals surface area contributed by atoms with E-state index in [2.05, 4.69) is 12.2 Å². The zero-order valence-electron chi connectivity index (χ0n) is 19.1. The van der Waals surface area contributed by atoms with Gasteiger partial charge < -0.3 is 17.0 Å². The van der Waals surface area contributed by atoms with Gasteiger partial charge >= 0.3 is 29.6 Å². The third-order valence-corrected chi connectivity index (χ3v) is 5.09. The third kappa shape index (κ3) is 10.3. The molecule has 30 heavy (non-hydrogen) atoms. The van der Waals surface area contributed by atoms with E-state index in [1.165, 1.54) is 38.1 Å². The van der Waals surface area contributed by atoms with Gasteiger partial charge in [-0.05, 0) is 80.1 Å².